The SMILES string of the molecule is CCNC(=NCc1cc(OC)c(OC)cc1Br)NCc1cccs1.I. The van der Waals surface area contributed by atoms with Crippen LogP contribution in [0, 0.1) is 0 Å². The number of halogens is 2. The molecule has 0 saturated carbocycles. The number of ether oxygens (including phenoxy) is 2. The number of hydrogen-bond acceptors (Lipinski definition) is 4. The summed E-state index contributed by atoms with van der Waals surface area (Å²) in [7, 11) is 3.26. The van der Waals surface area contributed by atoms with Crippen LogP contribution >= 0.6 is 51.2 Å². The lowest BCUT2D eigenvalue weighted by molar-refractivity contribution is 0.354. The highest BCUT2D eigenvalue weighted by Crippen LogP contribution is 2.33. The molecule has 0 aliphatic heterocycles. The molecule has 138 valence electrons. The van der Waals surface area contributed by atoms with E-state index in [9.17, 15) is 0 Å². The second-order valence-corrected chi connectivity index (χ2v) is 6.81. The smallest absolute Gasteiger partial charge is 0.191 e. The van der Waals surface area contributed by atoms with Crippen LogP contribution in [0.4, 0.5) is 0 Å². The third-order valence-corrected chi connectivity index (χ3v) is 4.93. The van der Waals surface area contributed by atoms with Gasteiger partial charge in [-0.05, 0) is 36.1 Å². The summed E-state index contributed by atoms with van der Waals surface area (Å²) in [6.07, 6.45) is 0. The van der Waals surface area contributed by atoms with E-state index in [0.29, 0.717) is 18.0 Å². The Hall–Kier alpha value is -1.000. The number of benzene rings is 1. The Labute approximate surface area is 178 Å². The quantitative estimate of drug-likeness (QED) is 0.311. The number of guanidine groups is 1. The van der Waals surface area contributed by atoms with Crippen molar-refractivity contribution in [2.45, 2.75) is 20.0 Å². The molecule has 0 atom stereocenters. The predicted molar refractivity (Wildman–Crippen MR) is 119 cm³/mol. The Morgan fingerprint density at radius 2 is 1.92 bits per heavy atom. The molecule has 1 aromatic carbocycles. The molecule has 0 saturated heterocycles. The molecular weight excluding hydrogens is 517 g/mol. The van der Waals surface area contributed by atoms with Crippen LogP contribution in [0.15, 0.2) is 39.1 Å². The highest BCUT2D eigenvalue weighted by molar-refractivity contribution is 14.0. The molecule has 25 heavy (non-hydrogen) atoms. The molecule has 0 fully saturated rings. The summed E-state index contributed by atoms with van der Waals surface area (Å²) in [5.74, 6) is 2.18. The molecule has 2 aromatic rings. The maximum atomic E-state index is 5.36. The van der Waals surface area contributed by atoms with E-state index in [0.717, 1.165) is 29.1 Å². The van der Waals surface area contributed by atoms with Gasteiger partial charge < -0.3 is 20.1 Å². The maximum Gasteiger partial charge on any atom is 0.191 e. The molecule has 0 spiro atoms. The molecule has 0 bridgehead atoms. The highest BCUT2D eigenvalue weighted by Gasteiger charge is 2.09. The molecule has 0 aliphatic rings. The predicted octanol–water partition coefficient (Wildman–Crippen LogP) is 4.40. The van der Waals surface area contributed by atoms with Crippen LogP contribution in [0.1, 0.15) is 17.4 Å². The van der Waals surface area contributed by atoms with Gasteiger partial charge in [0.25, 0.3) is 0 Å². The van der Waals surface area contributed by atoms with E-state index in [-0.39, 0.29) is 24.0 Å². The normalized spacial score (nSPS) is 10.8. The van der Waals surface area contributed by atoms with Crippen LogP contribution in [0.2, 0.25) is 0 Å². The summed E-state index contributed by atoms with van der Waals surface area (Å²) in [5, 5.41) is 8.67. The van der Waals surface area contributed by atoms with Gasteiger partial charge >= 0.3 is 0 Å². The van der Waals surface area contributed by atoms with Gasteiger partial charge in [-0.1, -0.05) is 22.0 Å². The Balaban J connectivity index is 0.00000312. The molecule has 1 heterocycles. The van der Waals surface area contributed by atoms with E-state index in [2.05, 4.69) is 49.9 Å². The Morgan fingerprint density at radius 3 is 2.52 bits per heavy atom. The molecule has 0 unspecified atom stereocenters. The van der Waals surface area contributed by atoms with E-state index in [1.165, 1.54) is 4.88 Å². The molecule has 5 nitrogen and oxygen atoms in total. The minimum atomic E-state index is 0. The van der Waals surface area contributed by atoms with Gasteiger partial charge in [-0.3, -0.25) is 0 Å². The van der Waals surface area contributed by atoms with Crippen molar-refractivity contribution >= 4 is 57.2 Å². The summed E-state index contributed by atoms with van der Waals surface area (Å²) >= 11 is 5.29. The summed E-state index contributed by atoms with van der Waals surface area (Å²) in [6, 6.07) is 7.99. The van der Waals surface area contributed by atoms with Crippen molar-refractivity contribution in [3.63, 3.8) is 0 Å². The van der Waals surface area contributed by atoms with E-state index in [1.807, 2.05) is 18.2 Å². The van der Waals surface area contributed by atoms with Crippen LogP contribution in [0.3, 0.4) is 0 Å². The number of aliphatic imine (C=N–C) groups is 1. The largest absolute Gasteiger partial charge is 0.493 e. The first kappa shape index (κ1) is 22.0. The van der Waals surface area contributed by atoms with Crippen LogP contribution < -0.4 is 20.1 Å². The summed E-state index contributed by atoms with van der Waals surface area (Å²) in [6.45, 7) is 4.15. The van der Waals surface area contributed by atoms with Crippen molar-refractivity contribution in [3.8, 4) is 11.5 Å². The first-order chi connectivity index (χ1) is 11.7. The van der Waals surface area contributed by atoms with Gasteiger partial charge in [0, 0.05) is 15.9 Å². The zero-order valence-corrected chi connectivity index (χ0v) is 19.2. The minimum absolute atomic E-state index is 0. The van der Waals surface area contributed by atoms with Gasteiger partial charge in [0.2, 0.25) is 0 Å². The molecule has 8 heteroatoms. The van der Waals surface area contributed by atoms with Gasteiger partial charge in [-0.25, -0.2) is 4.99 Å². The number of hydrogen-bond donors (Lipinski definition) is 2. The monoisotopic (exact) mass is 539 g/mol. The third kappa shape index (κ3) is 6.67. The maximum absolute atomic E-state index is 5.36. The number of thiophene rings is 1. The standard InChI is InChI=1S/C17H22BrN3O2S.HI/c1-4-19-17(21-11-13-6-5-7-24-13)20-10-12-8-15(22-2)16(23-3)9-14(12)18;/h5-9H,4,10-11H2,1-3H3,(H2,19,20,21);1H. The second-order valence-electron chi connectivity index (χ2n) is 4.93. The second kappa shape index (κ2) is 11.6. The molecular formula is C17H23BrIN3O2S. The Kier molecular flexibility index (Phi) is 10.2. The van der Waals surface area contributed by atoms with Crippen LogP contribution in [0.25, 0.3) is 0 Å². The van der Waals surface area contributed by atoms with Crippen LogP contribution in [-0.4, -0.2) is 26.7 Å². The van der Waals surface area contributed by atoms with Crippen LogP contribution in [-0.2, 0) is 13.1 Å². The number of methoxy groups -OCH3 is 2. The van der Waals surface area contributed by atoms with Crippen molar-refractivity contribution < 1.29 is 9.47 Å². The highest BCUT2D eigenvalue weighted by atomic mass is 127. The van der Waals surface area contributed by atoms with Gasteiger partial charge in [0.05, 0.1) is 27.3 Å². The average Bonchev–Trinajstić information content (AvgIpc) is 3.11. The van der Waals surface area contributed by atoms with E-state index in [4.69, 9.17) is 9.47 Å². The number of nitrogens with zero attached hydrogens (tertiary/aromatic N) is 1. The van der Waals surface area contributed by atoms with E-state index in [1.54, 1.807) is 25.6 Å². The topological polar surface area (TPSA) is 54.9 Å². The van der Waals surface area contributed by atoms with Crippen molar-refractivity contribution in [2.24, 2.45) is 4.99 Å². The fourth-order valence-corrected chi connectivity index (χ4v) is 3.20. The third-order valence-electron chi connectivity index (χ3n) is 3.31. The fourth-order valence-electron chi connectivity index (χ4n) is 2.11. The minimum Gasteiger partial charge on any atom is -0.493 e. The van der Waals surface area contributed by atoms with Gasteiger partial charge in [0.15, 0.2) is 17.5 Å². The molecule has 0 amide bonds. The van der Waals surface area contributed by atoms with Crippen molar-refractivity contribution in [1.29, 1.82) is 0 Å². The zero-order valence-electron chi connectivity index (χ0n) is 14.5. The number of nitrogens with one attached hydrogen (secondary N) is 2. The molecule has 0 radical (unpaired) electrons. The Morgan fingerprint density at radius 1 is 1.20 bits per heavy atom. The molecule has 1 aromatic heterocycles. The van der Waals surface area contributed by atoms with Crippen molar-refractivity contribution in [3.05, 3.63) is 44.6 Å². The Bertz CT molecular complexity index is 681. The molecule has 2 N–H and O–H groups in total. The summed E-state index contributed by atoms with van der Waals surface area (Å²) < 4.78 is 11.6. The first-order valence-electron chi connectivity index (χ1n) is 7.62. The lowest BCUT2D eigenvalue weighted by Crippen LogP contribution is -2.36. The van der Waals surface area contributed by atoms with Gasteiger partial charge in [0.1, 0.15) is 0 Å². The van der Waals surface area contributed by atoms with Gasteiger partial charge in [-0.2, -0.15) is 0 Å². The van der Waals surface area contributed by atoms with Crippen molar-refractivity contribution in [2.75, 3.05) is 20.8 Å². The first-order valence-corrected chi connectivity index (χ1v) is 9.30. The van der Waals surface area contributed by atoms with Gasteiger partial charge in [-0.15, -0.1) is 35.3 Å². The van der Waals surface area contributed by atoms with E-state index < -0.39 is 0 Å². The molecule has 0 aliphatic carbocycles. The fraction of sp³-hybridized carbons (Fsp3) is 0.353. The lowest BCUT2D eigenvalue weighted by Gasteiger charge is -2.13. The zero-order chi connectivity index (χ0) is 17.4. The summed E-state index contributed by atoms with van der Waals surface area (Å²) in [4.78, 5) is 5.92. The lowest BCUT2D eigenvalue weighted by atomic mass is 10.2. The number of rotatable bonds is 7. The summed E-state index contributed by atoms with van der Waals surface area (Å²) in [5.41, 5.74) is 1.03. The van der Waals surface area contributed by atoms with E-state index >= 15 is 0 Å². The van der Waals surface area contributed by atoms with Crippen LogP contribution in [0.5, 0.6) is 11.5 Å². The molecule has 2 rings (SSSR count). The average molecular weight is 540 g/mol. The van der Waals surface area contributed by atoms with Crippen molar-refractivity contribution in [1.82, 2.24) is 10.6 Å².